The number of thiazole rings is 1. The highest BCUT2D eigenvalue weighted by molar-refractivity contribution is 7.11. The van der Waals surface area contributed by atoms with Crippen LogP contribution in [0.3, 0.4) is 0 Å². The Hall–Kier alpha value is -3.19. The van der Waals surface area contributed by atoms with Gasteiger partial charge in [0.1, 0.15) is 4.88 Å². The molecule has 6 nitrogen and oxygen atoms in total. The first-order valence-corrected chi connectivity index (χ1v) is 9.18. The molecule has 1 N–H and O–H groups in total. The lowest BCUT2D eigenvalue weighted by Crippen LogP contribution is -2.13. The van der Waals surface area contributed by atoms with Gasteiger partial charge in [-0.1, -0.05) is 47.7 Å². The number of rotatable bonds is 6. The van der Waals surface area contributed by atoms with Crippen LogP contribution in [-0.2, 0) is 11.3 Å². The molecule has 0 atom stereocenters. The van der Waals surface area contributed by atoms with Crippen LogP contribution in [0.4, 0.5) is 5.69 Å². The van der Waals surface area contributed by atoms with Gasteiger partial charge in [-0.25, -0.2) is 4.79 Å². The van der Waals surface area contributed by atoms with Gasteiger partial charge < -0.3 is 9.84 Å². The molecule has 7 heteroatoms. The summed E-state index contributed by atoms with van der Waals surface area (Å²) in [5.74, 6) is -0.546. The first-order chi connectivity index (χ1) is 13.1. The summed E-state index contributed by atoms with van der Waals surface area (Å²) in [6.07, 6.45) is 1.42. The molecule has 3 aromatic rings. The summed E-state index contributed by atoms with van der Waals surface area (Å²) in [6, 6.07) is 16.1. The van der Waals surface area contributed by atoms with Crippen molar-refractivity contribution in [3.8, 4) is 5.88 Å². The third kappa shape index (κ3) is 4.51. The van der Waals surface area contributed by atoms with Gasteiger partial charge >= 0.3 is 10.8 Å². The number of carbonyl (C=O) groups excluding carboxylic acids is 1. The number of esters is 1. The van der Waals surface area contributed by atoms with Crippen LogP contribution < -0.4 is 4.87 Å². The maximum absolute atomic E-state index is 12.2. The van der Waals surface area contributed by atoms with Crippen molar-refractivity contribution in [2.75, 3.05) is 6.61 Å². The van der Waals surface area contributed by atoms with E-state index in [0.717, 1.165) is 16.9 Å². The van der Waals surface area contributed by atoms with Crippen LogP contribution in [0.2, 0.25) is 0 Å². The minimum atomic E-state index is -0.420. The third-order valence-corrected chi connectivity index (χ3v) is 4.67. The summed E-state index contributed by atoms with van der Waals surface area (Å²) in [4.78, 5) is 28.3. The van der Waals surface area contributed by atoms with Crippen molar-refractivity contribution in [1.29, 1.82) is 0 Å². The number of aromatic hydroxyl groups is 1. The Morgan fingerprint density at radius 2 is 2.00 bits per heavy atom. The number of aromatic nitrogens is 1. The zero-order valence-electron chi connectivity index (χ0n) is 14.7. The van der Waals surface area contributed by atoms with Crippen molar-refractivity contribution in [2.24, 2.45) is 4.99 Å². The van der Waals surface area contributed by atoms with Crippen LogP contribution in [-0.4, -0.2) is 28.5 Å². The third-order valence-electron chi connectivity index (χ3n) is 3.77. The Kier molecular flexibility index (Phi) is 5.83. The zero-order valence-corrected chi connectivity index (χ0v) is 15.5. The molecule has 27 heavy (non-hydrogen) atoms. The van der Waals surface area contributed by atoms with Crippen LogP contribution in [0, 0.1) is 0 Å². The summed E-state index contributed by atoms with van der Waals surface area (Å²) < 4.78 is 6.27. The van der Waals surface area contributed by atoms with Gasteiger partial charge in [-0.2, -0.15) is 0 Å². The highest BCUT2D eigenvalue weighted by atomic mass is 32.1. The van der Waals surface area contributed by atoms with E-state index in [4.69, 9.17) is 4.74 Å². The number of hydrogen-bond donors (Lipinski definition) is 1. The van der Waals surface area contributed by atoms with E-state index in [1.54, 1.807) is 31.2 Å². The molecule has 1 aromatic heterocycles. The predicted octanol–water partition coefficient (Wildman–Crippen LogP) is 3.59. The number of aliphatic imine (C=N–C) groups is 1. The number of ether oxygens (including phenoxy) is 1. The van der Waals surface area contributed by atoms with E-state index in [1.165, 1.54) is 10.8 Å². The highest BCUT2D eigenvalue weighted by Crippen LogP contribution is 2.21. The second-order valence-corrected chi connectivity index (χ2v) is 6.65. The summed E-state index contributed by atoms with van der Waals surface area (Å²) >= 11 is 0.915. The molecule has 0 aliphatic rings. The maximum atomic E-state index is 12.2. The Bertz CT molecular complexity index is 1020. The van der Waals surface area contributed by atoms with E-state index >= 15 is 0 Å². The quantitative estimate of drug-likeness (QED) is 0.522. The fraction of sp³-hybridized carbons (Fsp3) is 0.150. The Morgan fingerprint density at radius 3 is 2.74 bits per heavy atom. The summed E-state index contributed by atoms with van der Waals surface area (Å²) in [5, 5.41) is 10.4. The number of benzene rings is 2. The van der Waals surface area contributed by atoms with Gasteiger partial charge in [-0.3, -0.25) is 14.4 Å². The average Bonchev–Trinajstić information content (AvgIpc) is 2.95. The van der Waals surface area contributed by atoms with E-state index in [9.17, 15) is 14.7 Å². The van der Waals surface area contributed by atoms with Gasteiger partial charge in [-0.05, 0) is 30.7 Å². The molecule has 0 fully saturated rings. The monoisotopic (exact) mass is 382 g/mol. The van der Waals surface area contributed by atoms with Crippen LogP contribution in [0.15, 0.2) is 64.4 Å². The van der Waals surface area contributed by atoms with Crippen molar-refractivity contribution in [1.82, 2.24) is 4.57 Å². The molecule has 0 aliphatic heterocycles. The zero-order chi connectivity index (χ0) is 19.2. The Balaban J connectivity index is 1.82. The van der Waals surface area contributed by atoms with Crippen molar-refractivity contribution in [3.05, 3.63) is 80.3 Å². The lowest BCUT2D eigenvalue weighted by Gasteiger charge is -2.03. The summed E-state index contributed by atoms with van der Waals surface area (Å²) in [5.41, 5.74) is 1.83. The first-order valence-electron chi connectivity index (χ1n) is 8.36. The van der Waals surface area contributed by atoms with Crippen molar-refractivity contribution >= 4 is 29.2 Å². The molecular formula is C20H18N2O4S. The normalized spacial score (nSPS) is 11.0. The standard InChI is InChI=1S/C20H18N2O4S/c1-2-26-19(24)15-9-6-10-16(11-15)21-12-17-18(23)22(20(25)27-17)13-14-7-4-3-5-8-14/h3-12,23H,2,13H2,1H3. The van der Waals surface area contributed by atoms with Gasteiger partial charge in [0, 0.05) is 0 Å². The van der Waals surface area contributed by atoms with Crippen LogP contribution >= 0.6 is 11.3 Å². The molecule has 0 aliphatic carbocycles. The molecule has 3 rings (SSSR count). The number of carbonyl (C=O) groups is 1. The Labute approximate surface area is 160 Å². The van der Waals surface area contributed by atoms with Crippen molar-refractivity contribution < 1.29 is 14.6 Å². The molecule has 2 aromatic carbocycles. The number of hydrogen-bond acceptors (Lipinski definition) is 6. The second kappa shape index (κ2) is 8.46. The second-order valence-electron chi connectivity index (χ2n) is 5.66. The molecule has 138 valence electrons. The molecular weight excluding hydrogens is 364 g/mol. The predicted molar refractivity (Wildman–Crippen MR) is 105 cm³/mol. The molecule has 0 bridgehead atoms. The minimum absolute atomic E-state index is 0.126. The van der Waals surface area contributed by atoms with Crippen LogP contribution in [0.1, 0.15) is 27.7 Å². The van der Waals surface area contributed by atoms with Crippen molar-refractivity contribution in [2.45, 2.75) is 13.5 Å². The molecule has 0 unspecified atom stereocenters. The van der Waals surface area contributed by atoms with Crippen molar-refractivity contribution in [3.63, 3.8) is 0 Å². The SMILES string of the molecule is CCOC(=O)c1cccc(N=Cc2sc(=O)n(Cc3ccccc3)c2O)c1. The van der Waals surface area contributed by atoms with E-state index in [1.807, 2.05) is 30.3 Å². The Morgan fingerprint density at radius 1 is 1.22 bits per heavy atom. The maximum Gasteiger partial charge on any atom is 0.338 e. The smallest absolute Gasteiger partial charge is 0.338 e. The molecule has 0 saturated carbocycles. The van der Waals surface area contributed by atoms with Gasteiger partial charge in [0.2, 0.25) is 5.88 Å². The van der Waals surface area contributed by atoms with E-state index in [-0.39, 0.29) is 17.3 Å². The average molecular weight is 382 g/mol. The molecule has 0 saturated heterocycles. The molecule has 0 spiro atoms. The topological polar surface area (TPSA) is 80.9 Å². The summed E-state index contributed by atoms with van der Waals surface area (Å²) in [7, 11) is 0. The lowest BCUT2D eigenvalue weighted by atomic mass is 10.2. The highest BCUT2D eigenvalue weighted by Gasteiger charge is 2.13. The van der Waals surface area contributed by atoms with E-state index in [2.05, 4.69) is 4.99 Å². The van der Waals surface area contributed by atoms with Gasteiger partial charge in [0.05, 0.1) is 30.6 Å². The lowest BCUT2D eigenvalue weighted by molar-refractivity contribution is 0.0526. The van der Waals surface area contributed by atoms with Gasteiger partial charge in [-0.15, -0.1) is 0 Å². The molecule has 1 heterocycles. The van der Waals surface area contributed by atoms with Gasteiger partial charge in [0.15, 0.2) is 0 Å². The van der Waals surface area contributed by atoms with Gasteiger partial charge in [0.25, 0.3) is 0 Å². The molecule has 0 amide bonds. The first kappa shape index (κ1) is 18.6. The minimum Gasteiger partial charge on any atom is -0.493 e. The van der Waals surface area contributed by atoms with Crippen LogP contribution in [0.25, 0.3) is 0 Å². The van der Waals surface area contributed by atoms with E-state index in [0.29, 0.717) is 22.7 Å². The fourth-order valence-electron chi connectivity index (χ4n) is 2.46. The molecule has 0 radical (unpaired) electrons. The number of nitrogens with zero attached hydrogens (tertiary/aromatic N) is 2. The van der Waals surface area contributed by atoms with Crippen LogP contribution in [0.5, 0.6) is 5.88 Å². The fourth-order valence-corrected chi connectivity index (χ4v) is 3.22. The summed E-state index contributed by atoms with van der Waals surface area (Å²) in [6.45, 7) is 2.32. The van der Waals surface area contributed by atoms with E-state index < -0.39 is 5.97 Å². The largest absolute Gasteiger partial charge is 0.493 e.